The molecule has 18 heavy (non-hydrogen) atoms. The van der Waals surface area contributed by atoms with Crippen molar-refractivity contribution < 1.29 is 9.53 Å². The summed E-state index contributed by atoms with van der Waals surface area (Å²) >= 11 is 0. The summed E-state index contributed by atoms with van der Waals surface area (Å²) in [6.07, 6.45) is 1.89. The molecule has 2 atom stereocenters. The number of hydrogen-bond donors (Lipinski definition) is 1. The van der Waals surface area contributed by atoms with Crippen LogP contribution in [0.2, 0.25) is 0 Å². The second-order valence-electron chi connectivity index (χ2n) is 4.94. The Hall–Kier alpha value is -0.610. The third-order valence-corrected chi connectivity index (χ3v) is 3.80. The third kappa shape index (κ3) is 4.94. The molecule has 4 nitrogen and oxygen atoms in total. The maximum absolute atomic E-state index is 11.9. The smallest absolute Gasteiger partial charge is 0.326 e. The van der Waals surface area contributed by atoms with Crippen LogP contribution in [-0.4, -0.2) is 49.2 Å². The van der Waals surface area contributed by atoms with E-state index in [1.165, 1.54) is 0 Å². The minimum Gasteiger partial charge on any atom is -0.465 e. The highest BCUT2D eigenvalue weighted by Crippen LogP contribution is 2.14. The van der Waals surface area contributed by atoms with Crippen LogP contribution in [0.15, 0.2) is 0 Å². The van der Waals surface area contributed by atoms with Crippen molar-refractivity contribution in [1.82, 2.24) is 10.2 Å². The van der Waals surface area contributed by atoms with E-state index in [1.807, 2.05) is 20.9 Å². The summed E-state index contributed by atoms with van der Waals surface area (Å²) in [5, 5.41) is 3.10. The molecule has 0 aliphatic heterocycles. The SMILES string of the molecule is CCOC(=O)C(C)(CCN(CC)C(C)CC)NC. The van der Waals surface area contributed by atoms with Gasteiger partial charge in [0.15, 0.2) is 0 Å². The lowest BCUT2D eigenvalue weighted by Crippen LogP contribution is -2.51. The summed E-state index contributed by atoms with van der Waals surface area (Å²) in [4.78, 5) is 14.3. The maximum atomic E-state index is 11.9. The van der Waals surface area contributed by atoms with Gasteiger partial charge in [0.1, 0.15) is 5.54 Å². The van der Waals surface area contributed by atoms with Crippen LogP contribution in [0.4, 0.5) is 0 Å². The summed E-state index contributed by atoms with van der Waals surface area (Å²) in [5.41, 5.74) is -0.586. The molecule has 0 rings (SSSR count). The first-order chi connectivity index (χ1) is 8.45. The molecule has 0 radical (unpaired) electrons. The molecule has 2 unspecified atom stereocenters. The molecule has 0 aliphatic rings. The van der Waals surface area contributed by atoms with Gasteiger partial charge in [-0.15, -0.1) is 0 Å². The van der Waals surface area contributed by atoms with Crippen molar-refractivity contribution in [1.29, 1.82) is 0 Å². The van der Waals surface area contributed by atoms with Crippen LogP contribution in [0.3, 0.4) is 0 Å². The standard InChI is InChI=1S/C14H30N2O2/c1-7-12(4)16(8-2)11-10-14(5,15-6)13(17)18-9-3/h12,15H,7-11H2,1-6H3. The average molecular weight is 258 g/mol. The van der Waals surface area contributed by atoms with Crippen LogP contribution in [0.25, 0.3) is 0 Å². The second kappa shape index (κ2) is 8.48. The summed E-state index contributed by atoms with van der Waals surface area (Å²) in [6, 6.07) is 0.554. The molecular weight excluding hydrogens is 228 g/mol. The van der Waals surface area contributed by atoms with Crippen LogP contribution < -0.4 is 5.32 Å². The molecule has 0 aromatic heterocycles. The molecule has 108 valence electrons. The van der Waals surface area contributed by atoms with Gasteiger partial charge in [0.05, 0.1) is 6.61 Å². The summed E-state index contributed by atoms with van der Waals surface area (Å²) in [7, 11) is 1.82. The highest BCUT2D eigenvalue weighted by Gasteiger charge is 2.33. The molecule has 0 amide bonds. The number of carbonyl (C=O) groups excluding carboxylic acids is 1. The van der Waals surface area contributed by atoms with Crippen molar-refractivity contribution in [3.63, 3.8) is 0 Å². The first-order valence-electron chi connectivity index (χ1n) is 7.05. The van der Waals surface area contributed by atoms with Crippen LogP contribution >= 0.6 is 0 Å². The molecule has 0 bridgehead atoms. The fourth-order valence-corrected chi connectivity index (χ4v) is 1.94. The zero-order valence-electron chi connectivity index (χ0n) is 12.9. The number of nitrogens with zero attached hydrogens (tertiary/aromatic N) is 1. The van der Waals surface area contributed by atoms with E-state index in [2.05, 4.69) is 31.0 Å². The van der Waals surface area contributed by atoms with Crippen molar-refractivity contribution in [2.24, 2.45) is 0 Å². The summed E-state index contributed by atoms with van der Waals surface area (Å²) in [6.45, 7) is 12.7. The Morgan fingerprint density at radius 1 is 1.39 bits per heavy atom. The van der Waals surface area contributed by atoms with Gasteiger partial charge in [0.25, 0.3) is 0 Å². The van der Waals surface area contributed by atoms with Gasteiger partial charge in [-0.25, -0.2) is 0 Å². The Balaban J connectivity index is 4.48. The van der Waals surface area contributed by atoms with Crippen LogP contribution in [-0.2, 0) is 9.53 Å². The second-order valence-corrected chi connectivity index (χ2v) is 4.94. The summed E-state index contributed by atoms with van der Waals surface area (Å²) < 4.78 is 5.13. The normalized spacial score (nSPS) is 16.4. The molecular formula is C14H30N2O2. The Labute approximate surface area is 112 Å². The lowest BCUT2D eigenvalue weighted by molar-refractivity contribution is -0.150. The van der Waals surface area contributed by atoms with Crippen LogP contribution in [0, 0.1) is 0 Å². The highest BCUT2D eigenvalue weighted by atomic mass is 16.5. The highest BCUT2D eigenvalue weighted by molar-refractivity contribution is 5.80. The van der Waals surface area contributed by atoms with Gasteiger partial charge in [-0.1, -0.05) is 13.8 Å². The van der Waals surface area contributed by atoms with Crippen molar-refractivity contribution in [2.75, 3.05) is 26.7 Å². The molecule has 0 aliphatic carbocycles. The zero-order valence-corrected chi connectivity index (χ0v) is 12.9. The van der Waals surface area contributed by atoms with E-state index < -0.39 is 5.54 Å². The van der Waals surface area contributed by atoms with Crippen LogP contribution in [0.5, 0.6) is 0 Å². The van der Waals surface area contributed by atoms with E-state index in [0.29, 0.717) is 12.6 Å². The fourth-order valence-electron chi connectivity index (χ4n) is 1.94. The molecule has 1 N–H and O–H groups in total. The van der Waals surface area contributed by atoms with Gasteiger partial charge < -0.3 is 15.0 Å². The van der Waals surface area contributed by atoms with Crippen molar-refractivity contribution >= 4 is 5.97 Å². The Morgan fingerprint density at radius 3 is 2.39 bits per heavy atom. The monoisotopic (exact) mass is 258 g/mol. The van der Waals surface area contributed by atoms with Gasteiger partial charge in [-0.05, 0) is 47.2 Å². The molecule has 0 fully saturated rings. The van der Waals surface area contributed by atoms with E-state index in [0.717, 1.165) is 25.9 Å². The number of hydrogen-bond acceptors (Lipinski definition) is 4. The zero-order chi connectivity index (χ0) is 14.2. The lowest BCUT2D eigenvalue weighted by Gasteiger charge is -2.32. The molecule has 0 saturated carbocycles. The van der Waals surface area contributed by atoms with Crippen molar-refractivity contribution in [3.8, 4) is 0 Å². The number of likely N-dealkylation sites (N-methyl/N-ethyl adjacent to an activating group) is 1. The Kier molecular flexibility index (Phi) is 8.20. The van der Waals surface area contributed by atoms with E-state index in [1.54, 1.807) is 0 Å². The molecule has 0 aromatic rings. The largest absolute Gasteiger partial charge is 0.465 e. The third-order valence-electron chi connectivity index (χ3n) is 3.80. The molecule has 4 heteroatoms. The van der Waals surface area contributed by atoms with Crippen molar-refractivity contribution in [2.45, 2.75) is 59.0 Å². The maximum Gasteiger partial charge on any atom is 0.326 e. The quantitative estimate of drug-likeness (QED) is 0.643. The average Bonchev–Trinajstić information content (AvgIpc) is 2.38. The van der Waals surface area contributed by atoms with E-state index >= 15 is 0 Å². The Morgan fingerprint density at radius 2 is 2.00 bits per heavy atom. The molecule has 0 spiro atoms. The van der Waals surface area contributed by atoms with Crippen molar-refractivity contribution in [3.05, 3.63) is 0 Å². The molecule has 0 aromatic carbocycles. The topological polar surface area (TPSA) is 41.6 Å². The first kappa shape index (κ1) is 17.4. The van der Waals surface area contributed by atoms with Gasteiger partial charge in [0, 0.05) is 12.6 Å². The molecule has 0 saturated heterocycles. The predicted molar refractivity (Wildman–Crippen MR) is 75.7 cm³/mol. The number of esters is 1. The number of rotatable bonds is 9. The Bertz CT molecular complexity index is 246. The number of carbonyl (C=O) groups is 1. The molecule has 0 heterocycles. The minimum absolute atomic E-state index is 0.160. The number of nitrogens with one attached hydrogen (secondary N) is 1. The van der Waals surface area contributed by atoms with Crippen LogP contribution in [0.1, 0.15) is 47.5 Å². The first-order valence-corrected chi connectivity index (χ1v) is 7.05. The van der Waals surface area contributed by atoms with E-state index in [-0.39, 0.29) is 5.97 Å². The lowest BCUT2D eigenvalue weighted by atomic mass is 9.97. The van der Waals surface area contributed by atoms with Gasteiger partial charge in [-0.3, -0.25) is 4.79 Å². The summed E-state index contributed by atoms with van der Waals surface area (Å²) in [5.74, 6) is -0.160. The van der Waals surface area contributed by atoms with Gasteiger partial charge >= 0.3 is 5.97 Å². The van der Waals surface area contributed by atoms with Gasteiger partial charge in [0.2, 0.25) is 0 Å². The number of ether oxygens (including phenoxy) is 1. The van der Waals surface area contributed by atoms with E-state index in [9.17, 15) is 4.79 Å². The van der Waals surface area contributed by atoms with E-state index in [4.69, 9.17) is 4.74 Å². The van der Waals surface area contributed by atoms with Gasteiger partial charge in [-0.2, -0.15) is 0 Å². The minimum atomic E-state index is -0.586. The fraction of sp³-hybridized carbons (Fsp3) is 0.929. The predicted octanol–water partition coefficient (Wildman–Crippen LogP) is 2.04.